The van der Waals surface area contributed by atoms with E-state index in [2.05, 4.69) is 32.4 Å². The van der Waals surface area contributed by atoms with Gasteiger partial charge in [0.2, 0.25) is 0 Å². The Balaban J connectivity index is 1.33. The van der Waals surface area contributed by atoms with Gasteiger partial charge in [-0.2, -0.15) is 0 Å². The van der Waals surface area contributed by atoms with Crippen molar-refractivity contribution in [2.24, 2.45) is 5.92 Å². The molecule has 3 aromatic rings. The quantitative estimate of drug-likeness (QED) is 0.320. The summed E-state index contributed by atoms with van der Waals surface area (Å²) >= 11 is 0. The van der Waals surface area contributed by atoms with Crippen molar-refractivity contribution in [2.75, 3.05) is 36.5 Å². The van der Waals surface area contributed by atoms with Crippen LogP contribution in [0.3, 0.4) is 0 Å². The number of nitrogens with one attached hydrogen (secondary N) is 2. The van der Waals surface area contributed by atoms with Gasteiger partial charge in [-0.3, -0.25) is 4.98 Å². The van der Waals surface area contributed by atoms with Gasteiger partial charge < -0.3 is 30.1 Å². The standard InChI is InChI=1S/C32H38F3N5O4/c1-19-11-22(39-30(41)44-31(2,3)4)17-40(16-19)27-7-9-36-15-26(27)37-14-21-5-6-23(33)29(38-21)28-24(34)12-20(13-25(28)35)32(42)8-10-43-18-32/h5-7,9,12-13,15,19,22,37,42H,8,10-11,14,16-18H2,1-4H3,(H,39,41)/t19-,22+,32?/m1/s1. The monoisotopic (exact) mass is 613 g/mol. The predicted octanol–water partition coefficient (Wildman–Crippen LogP) is 5.52. The van der Waals surface area contributed by atoms with Crippen LogP contribution in [0, 0.1) is 23.4 Å². The van der Waals surface area contributed by atoms with Gasteiger partial charge in [0, 0.05) is 38.4 Å². The Labute approximate surface area is 254 Å². The summed E-state index contributed by atoms with van der Waals surface area (Å²) in [5.74, 6) is -2.65. The van der Waals surface area contributed by atoms with Crippen LogP contribution in [-0.2, 0) is 21.6 Å². The van der Waals surface area contributed by atoms with Gasteiger partial charge in [-0.05, 0) is 69.0 Å². The maximum Gasteiger partial charge on any atom is 0.407 e. The molecule has 4 heterocycles. The number of pyridine rings is 2. The van der Waals surface area contributed by atoms with Crippen molar-refractivity contribution >= 4 is 17.5 Å². The number of hydrogen-bond donors (Lipinski definition) is 3. The van der Waals surface area contributed by atoms with Crippen LogP contribution < -0.4 is 15.5 Å². The molecule has 1 amide bonds. The van der Waals surface area contributed by atoms with E-state index >= 15 is 8.78 Å². The first-order chi connectivity index (χ1) is 20.8. The molecule has 9 nitrogen and oxygen atoms in total. The lowest BCUT2D eigenvalue weighted by molar-refractivity contribution is 0.0227. The van der Waals surface area contributed by atoms with Gasteiger partial charge in [-0.1, -0.05) is 6.92 Å². The summed E-state index contributed by atoms with van der Waals surface area (Å²) in [6.45, 7) is 9.17. The van der Waals surface area contributed by atoms with Crippen LogP contribution in [-0.4, -0.2) is 59.1 Å². The average Bonchev–Trinajstić information content (AvgIpc) is 3.39. The summed E-state index contributed by atoms with van der Waals surface area (Å²) in [5, 5.41) is 16.9. The second kappa shape index (κ2) is 12.6. The van der Waals surface area contributed by atoms with Crippen LogP contribution in [0.5, 0.6) is 0 Å². The second-order valence-corrected chi connectivity index (χ2v) is 12.6. The highest BCUT2D eigenvalue weighted by Gasteiger charge is 2.36. The Morgan fingerprint density at radius 2 is 1.91 bits per heavy atom. The number of amides is 1. The highest BCUT2D eigenvalue weighted by molar-refractivity contribution is 5.71. The maximum atomic E-state index is 15.2. The topological polar surface area (TPSA) is 109 Å². The molecule has 2 fully saturated rings. The highest BCUT2D eigenvalue weighted by atomic mass is 19.1. The highest BCUT2D eigenvalue weighted by Crippen LogP contribution is 2.36. The Kier molecular flexibility index (Phi) is 9.03. The first-order valence-corrected chi connectivity index (χ1v) is 14.7. The van der Waals surface area contributed by atoms with Gasteiger partial charge in [-0.15, -0.1) is 0 Å². The Bertz CT molecular complexity index is 1490. The summed E-state index contributed by atoms with van der Waals surface area (Å²) in [4.78, 5) is 23.1. The molecule has 2 aromatic heterocycles. The van der Waals surface area contributed by atoms with Crippen LogP contribution in [0.15, 0.2) is 42.7 Å². The fourth-order valence-corrected chi connectivity index (χ4v) is 5.72. The number of aromatic nitrogens is 2. The number of nitrogens with zero attached hydrogens (tertiary/aromatic N) is 3. The fourth-order valence-electron chi connectivity index (χ4n) is 5.72. The molecule has 12 heteroatoms. The molecule has 44 heavy (non-hydrogen) atoms. The third-order valence-corrected chi connectivity index (χ3v) is 7.70. The summed E-state index contributed by atoms with van der Waals surface area (Å²) in [7, 11) is 0. The zero-order valence-corrected chi connectivity index (χ0v) is 25.3. The number of piperidine rings is 1. The van der Waals surface area contributed by atoms with Gasteiger partial charge in [0.25, 0.3) is 0 Å². The van der Waals surface area contributed by atoms with Crippen molar-refractivity contribution in [2.45, 2.75) is 64.3 Å². The molecule has 1 aromatic carbocycles. The third-order valence-electron chi connectivity index (χ3n) is 7.70. The molecule has 2 aliphatic rings. The lowest BCUT2D eigenvalue weighted by Gasteiger charge is -2.39. The van der Waals surface area contributed by atoms with Crippen molar-refractivity contribution in [1.82, 2.24) is 15.3 Å². The van der Waals surface area contributed by atoms with Gasteiger partial charge in [-0.25, -0.2) is 22.9 Å². The van der Waals surface area contributed by atoms with E-state index in [0.717, 1.165) is 36.9 Å². The van der Waals surface area contributed by atoms with Gasteiger partial charge >= 0.3 is 6.09 Å². The molecule has 3 atom stereocenters. The summed E-state index contributed by atoms with van der Waals surface area (Å²) in [5.41, 5.74) is -1.27. The third kappa shape index (κ3) is 7.24. The Morgan fingerprint density at radius 3 is 2.59 bits per heavy atom. The molecule has 5 rings (SSSR count). The largest absolute Gasteiger partial charge is 0.444 e. The first-order valence-electron chi connectivity index (χ1n) is 14.7. The number of anilines is 2. The first kappa shape index (κ1) is 31.5. The van der Waals surface area contributed by atoms with Crippen LogP contribution >= 0.6 is 0 Å². The average molecular weight is 614 g/mol. The number of alkyl carbamates (subject to hydrolysis) is 1. The minimum absolute atomic E-state index is 0.0339. The number of aliphatic hydroxyl groups is 1. The number of hydrogen-bond acceptors (Lipinski definition) is 8. The number of rotatable bonds is 7. The number of carbonyl (C=O) groups excluding carboxylic acids is 1. The number of carbonyl (C=O) groups is 1. The van der Waals surface area contributed by atoms with Crippen molar-refractivity contribution in [3.63, 3.8) is 0 Å². The zero-order valence-electron chi connectivity index (χ0n) is 25.3. The minimum Gasteiger partial charge on any atom is -0.444 e. The van der Waals surface area contributed by atoms with Crippen LogP contribution in [0.1, 0.15) is 51.8 Å². The molecule has 3 N–H and O–H groups in total. The van der Waals surface area contributed by atoms with E-state index in [-0.39, 0.29) is 43.7 Å². The van der Waals surface area contributed by atoms with E-state index in [0.29, 0.717) is 17.9 Å². The van der Waals surface area contributed by atoms with E-state index in [1.165, 1.54) is 6.07 Å². The van der Waals surface area contributed by atoms with Crippen LogP contribution in [0.4, 0.5) is 29.3 Å². The maximum absolute atomic E-state index is 15.2. The molecule has 236 valence electrons. The zero-order chi connectivity index (χ0) is 31.6. The molecule has 0 aliphatic carbocycles. The fraction of sp³-hybridized carbons (Fsp3) is 0.469. The Hall–Kier alpha value is -3.90. The van der Waals surface area contributed by atoms with Gasteiger partial charge in [0.05, 0.1) is 42.0 Å². The number of ether oxygens (including phenoxy) is 2. The minimum atomic E-state index is -1.50. The molecular formula is C32H38F3N5O4. The van der Waals surface area contributed by atoms with E-state index in [1.54, 1.807) is 12.4 Å². The summed E-state index contributed by atoms with van der Waals surface area (Å²) < 4.78 is 55.9. The molecule has 2 saturated heterocycles. The van der Waals surface area contributed by atoms with Gasteiger partial charge in [0.15, 0.2) is 0 Å². The molecule has 0 bridgehead atoms. The number of benzene rings is 1. The molecular weight excluding hydrogens is 575 g/mol. The van der Waals surface area contributed by atoms with Gasteiger partial charge in [0.1, 0.15) is 34.3 Å². The normalized spacial score (nSPS) is 22.1. The van der Waals surface area contributed by atoms with E-state index < -0.39 is 46.0 Å². The smallest absolute Gasteiger partial charge is 0.407 e. The molecule has 0 saturated carbocycles. The molecule has 2 aliphatic heterocycles. The lowest BCUT2D eigenvalue weighted by Crippen LogP contribution is -2.51. The van der Waals surface area contributed by atoms with Crippen molar-refractivity contribution in [3.05, 3.63) is 71.4 Å². The Morgan fingerprint density at radius 1 is 1.16 bits per heavy atom. The molecule has 0 spiro atoms. The van der Waals surface area contributed by atoms with E-state index in [9.17, 15) is 14.3 Å². The SMILES string of the molecule is C[C@@H]1C[C@H](NC(=O)OC(C)(C)C)CN(c2ccncc2NCc2ccc(F)c(-c3c(F)cc(C4(O)CCOC4)cc3F)n2)C1. The number of halogens is 3. The summed E-state index contributed by atoms with van der Waals surface area (Å²) in [6.07, 6.45) is 3.87. The van der Waals surface area contributed by atoms with Crippen LogP contribution in [0.2, 0.25) is 0 Å². The van der Waals surface area contributed by atoms with E-state index in [4.69, 9.17) is 9.47 Å². The predicted molar refractivity (Wildman–Crippen MR) is 160 cm³/mol. The lowest BCUT2D eigenvalue weighted by atomic mass is 9.91. The van der Waals surface area contributed by atoms with Crippen molar-refractivity contribution in [3.8, 4) is 11.3 Å². The van der Waals surface area contributed by atoms with Crippen molar-refractivity contribution in [1.29, 1.82) is 0 Å². The molecule has 1 unspecified atom stereocenters. The second-order valence-electron chi connectivity index (χ2n) is 12.6. The van der Waals surface area contributed by atoms with E-state index in [1.807, 2.05) is 26.8 Å². The van der Waals surface area contributed by atoms with Crippen LogP contribution in [0.25, 0.3) is 11.3 Å². The molecule has 0 radical (unpaired) electrons. The van der Waals surface area contributed by atoms with Crippen molar-refractivity contribution < 1.29 is 32.5 Å². The summed E-state index contributed by atoms with van der Waals surface area (Å²) in [6, 6.07) is 6.30.